The maximum atomic E-state index is 7.10. The summed E-state index contributed by atoms with van der Waals surface area (Å²) < 4.78 is 1.25. The van der Waals surface area contributed by atoms with Gasteiger partial charge in [-0.1, -0.05) is 138 Å². The summed E-state index contributed by atoms with van der Waals surface area (Å²) >= 11 is 1.87. The summed E-state index contributed by atoms with van der Waals surface area (Å²) in [5.41, 5.74) is 21.8. The molecule has 10 radical (unpaired) electrons. The first kappa shape index (κ1) is 49.5. The van der Waals surface area contributed by atoms with E-state index in [0.717, 1.165) is 48.2 Å². The van der Waals surface area contributed by atoms with Crippen LogP contribution in [0.2, 0.25) is 0 Å². The van der Waals surface area contributed by atoms with E-state index in [4.69, 9.17) is 39.2 Å². The van der Waals surface area contributed by atoms with Crippen LogP contribution in [0.1, 0.15) is 162 Å². The Morgan fingerprint density at radius 1 is 0.486 bits per heavy atom. The minimum Gasteiger partial charge on any atom is -0.311 e. The Bertz CT molecular complexity index is 3460. The zero-order chi connectivity index (χ0) is 51.9. The van der Waals surface area contributed by atoms with Crippen molar-refractivity contribution < 1.29 is 0 Å². The summed E-state index contributed by atoms with van der Waals surface area (Å²) in [5, 5.41) is 2.47. The summed E-state index contributed by atoms with van der Waals surface area (Å²) in [4.78, 5) is 5.17. The fourth-order valence-corrected chi connectivity index (χ4v) is 14.2. The number of hydrogen-bond donors (Lipinski definition) is 0. The summed E-state index contributed by atoms with van der Waals surface area (Å²) in [6, 6.07) is 31.5. The summed E-state index contributed by atoms with van der Waals surface area (Å²) in [5.74, 6) is 0. The van der Waals surface area contributed by atoms with Gasteiger partial charge in [0.2, 0.25) is 0 Å². The molecule has 0 fully saturated rings. The normalized spacial score (nSPS) is 18.1. The average Bonchev–Trinajstić information content (AvgIpc) is 3.68. The van der Waals surface area contributed by atoms with Gasteiger partial charge in [-0.05, 0) is 180 Å². The van der Waals surface area contributed by atoms with Gasteiger partial charge in [-0.25, -0.2) is 0 Å². The first-order valence-electron chi connectivity index (χ1n) is 26.2. The van der Waals surface area contributed by atoms with Gasteiger partial charge in [0.05, 0.1) is 10.7 Å². The van der Waals surface area contributed by atoms with E-state index < -0.39 is 0 Å². The fraction of sp³-hybridized carbons (Fsp3) is 0.397. The van der Waals surface area contributed by atoms with Crippen LogP contribution < -0.4 is 53.5 Å². The van der Waals surface area contributed by atoms with Crippen LogP contribution in [-0.2, 0) is 32.5 Å². The van der Waals surface area contributed by atoms with Gasteiger partial charge in [0, 0.05) is 33.0 Å². The monoisotopic (exact) mass is 949 g/mol. The minimum absolute atomic E-state index is 0.00484. The van der Waals surface area contributed by atoms with E-state index in [-0.39, 0.29) is 55.6 Å². The number of benzene rings is 6. The van der Waals surface area contributed by atoms with Crippen LogP contribution in [0.3, 0.4) is 0 Å². The van der Waals surface area contributed by atoms with Crippen molar-refractivity contribution in [3.05, 3.63) is 118 Å². The molecule has 0 bridgehead atoms. The lowest BCUT2D eigenvalue weighted by atomic mass is 9.33. The number of fused-ring (bicyclic) bond motifs is 8. The Kier molecular flexibility index (Phi) is 10.9. The lowest BCUT2D eigenvalue weighted by molar-refractivity contribution is 0.332. The van der Waals surface area contributed by atoms with E-state index in [2.05, 4.69) is 193 Å². The Morgan fingerprint density at radius 3 is 1.57 bits per heavy atom. The van der Waals surface area contributed by atoms with Crippen molar-refractivity contribution in [3.63, 3.8) is 0 Å². The van der Waals surface area contributed by atoms with E-state index in [1.54, 1.807) is 0 Å². The van der Waals surface area contributed by atoms with E-state index >= 15 is 0 Å². The molecule has 0 unspecified atom stereocenters. The predicted octanol–water partition coefficient (Wildman–Crippen LogP) is 10.2. The van der Waals surface area contributed by atoms with Gasteiger partial charge in [0.25, 0.3) is 6.71 Å². The lowest BCUT2D eigenvalue weighted by Crippen LogP contribution is -2.61. The molecular weight excluding hydrogens is 882 g/mol. The largest absolute Gasteiger partial charge is 0.311 e. The highest BCUT2D eigenvalue weighted by atomic mass is 32.1. The van der Waals surface area contributed by atoms with Crippen molar-refractivity contribution in [2.75, 3.05) is 9.80 Å². The molecule has 2 aliphatic carbocycles. The molecule has 0 spiro atoms. The quantitative estimate of drug-likeness (QED) is 0.163. The molecule has 6 aromatic carbocycles. The minimum atomic E-state index is -0.201. The Hall–Kier alpha value is -4.73. The van der Waals surface area contributed by atoms with Crippen LogP contribution in [-0.4, -0.2) is 45.9 Å². The number of rotatable bonds is 3. The van der Waals surface area contributed by atoms with Crippen LogP contribution in [0, 0.1) is 6.92 Å². The molecule has 2 nitrogen and oxygen atoms in total. The molecule has 352 valence electrons. The van der Waals surface area contributed by atoms with Gasteiger partial charge >= 0.3 is 0 Å². The number of nitrogens with zero attached hydrogens (tertiary/aromatic N) is 2. The third kappa shape index (κ3) is 7.29. The molecule has 1 aromatic heterocycles. The van der Waals surface area contributed by atoms with Crippen LogP contribution in [0.5, 0.6) is 0 Å². The van der Waals surface area contributed by atoms with Crippen molar-refractivity contribution in [3.8, 4) is 11.1 Å². The third-order valence-electron chi connectivity index (χ3n) is 17.8. The predicted molar refractivity (Wildman–Crippen MR) is 321 cm³/mol. The van der Waals surface area contributed by atoms with Gasteiger partial charge in [0.15, 0.2) is 0 Å². The van der Waals surface area contributed by atoms with Gasteiger partial charge in [-0.2, -0.15) is 0 Å². The molecule has 9 heteroatoms. The number of aryl methyl sites for hydroxylation is 1. The molecule has 3 heterocycles. The topological polar surface area (TPSA) is 6.48 Å². The highest BCUT2D eigenvalue weighted by Gasteiger charge is 2.49. The number of anilines is 6. The van der Waals surface area contributed by atoms with Crippen LogP contribution in [0.25, 0.3) is 21.2 Å². The molecular formula is C63H66B6N2S. The van der Waals surface area contributed by atoms with Crippen molar-refractivity contribution in [1.29, 1.82) is 0 Å². The summed E-state index contributed by atoms with van der Waals surface area (Å²) in [6.45, 7) is 35.4. The first-order chi connectivity index (χ1) is 33.4. The maximum absolute atomic E-state index is 7.10. The second-order valence-corrected chi connectivity index (χ2v) is 27.8. The van der Waals surface area contributed by atoms with E-state index in [1.807, 2.05) is 11.3 Å². The van der Waals surface area contributed by atoms with Crippen molar-refractivity contribution >= 4 is 145 Å². The SMILES string of the molecule is [B]c1c([B])c([B])c(-c2cc(C(C)(C)C)ccc2N2c3cc(C)cc4c3B(c3cc5c(cc3N4c3ccc4c(c3)C(C)(C)CCC4(C)C)C(C)(C)CCC5(C)C)c3c2sc2ccc(C(C)(C)C)cc32)c([B])c1[B]. The van der Waals surface area contributed by atoms with Gasteiger partial charge < -0.3 is 9.80 Å². The van der Waals surface area contributed by atoms with Gasteiger partial charge in [-0.3, -0.25) is 0 Å². The maximum Gasteiger partial charge on any atom is 0.254 e. The highest BCUT2D eigenvalue weighted by Crippen LogP contribution is 2.54. The van der Waals surface area contributed by atoms with E-state index in [0.29, 0.717) is 16.5 Å². The van der Waals surface area contributed by atoms with Gasteiger partial charge in [-0.15, -0.1) is 27.7 Å². The highest BCUT2D eigenvalue weighted by molar-refractivity contribution is 7.26. The van der Waals surface area contributed by atoms with Crippen LogP contribution in [0.4, 0.5) is 33.4 Å². The Morgan fingerprint density at radius 2 is 0.986 bits per heavy atom. The molecule has 4 aliphatic rings. The van der Waals surface area contributed by atoms with E-state index in [1.165, 1.54) is 81.9 Å². The number of thiophene rings is 1. The van der Waals surface area contributed by atoms with Crippen molar-refractivity contribution in [2.24, 2.45) is 0 Å². The molecule has 72 heavy (non-hydrogen) atoms. The molecule has 0 saturated heterocycles. The summed E-state index contributed by atoms with van der Waals surface area (Å²) in [7, 11) is 34.2. The average molecular weight is 948 g/mol. The Labute approximate surface area is 442 Å². The molecule has 11 rings (SSSR count). The smallest absolute Gasteiger partial charge is 0.254 e. The van der Waals surface area contributed by atoms with Crippen molar-refractivity contribution in [2.45, 2.75) is 162 Å². The first-order valence-corrected chi connectivity index (χ1v) is 27.1. The zero-order valence-electron chi connectivity index (χ0n) is 45.6. The molecule has 0 N–H and O–H groups in total. The molecule has 0 atom stereocenters. The van der Waals surface area contributed by atoms with Crippen molar-refractivity contribution in [1.82, 2.24) is 0 Å². The molecule has 0 saturated carbocycles. The Balaban J connectivity index is 1.31. The number of hydrogen-bond acceptors (Lipinski definition) is 3. The lowest BCUT2D eigenvalue weighted by Gasteiger charge is -2.47. The molecule has 7 aromatic rings. The third-order valence-corrected chi connectivity index (χ3v) is 19.0. The second-order valence-electron chi connectivity index (χ2n) is 26.7. The van der Waals surface area contributed by atoms with Crippen LogP contribution >= 0.6 is 11.3 Å². The second kappa shape index (κ2) is 15.9. The fourth-order valence-electron chi connectivity index (χ4n) is 13.0. The standard InChI is InChI=1S/C63H66B6N2S/c1-33-26-46-56-47(27-33)71(44-20-16-34(58(2,3)4)28-37(44)49-50(64)52(66)54(68)53(67)51(49)65)57-55(38-29-35(59(5,6)7)17-21-48(38)72-57)69(56)43-31-41-42(63(14,15)25-24-62(41,12)13)32-45(43)70(46)36-18-19-39-40(30-36)61(10,11)23-22-60(39,8)9/h16-21,26-32H,22-25H2,1-15H3. The molecule has 0 amide bonds. The van der Waals surface area contributed by atoms with E-state index in [9.17, 15) is 0 Å². The summed E-state index contributed by atoms with van der Waals surface area (Å²) in [6.07, 6.45) is 4.57. The molecule has 2 aliphatic heterocycles. The zero-order valence-corrected chi connectivity index (χ0v) is 46.4. The van der Waals surface area contributed by atoms with Gasteiger partial charge in [0.1, 0.15) is 39.2 Å². The van der Waals surface area contributed by atoms with Crippen LogP contribution in [0.15, 0.2) is 78.9 Å².